The molecule has 1 aromatic rings. The molecule has 0 aromatic heterocycles. The zero-order valence-electron chi connectivity index (χ0n) is 11.4. The van der Waals surface area contributed by atoms with Crippen molar-refractivity contribution in [3.05, 3.63) is 29.8 Å². The van der Waals surface area contributed by atoms with Crippen LogP contribution in [0.1, 0.15) is 19.4 Å². The summed E-state index contributed by atoms with van der Waals surface area (Å²) in [5, 5.41) is 7.30. The summed E-state index contributed by atoms with van der Waals surface area (Å²) in [6.07, 6.45) is 0. The normalized spacial score (nSPS) is 10.9. The molecule has 0 unspecified atom stereocenters. The summed E-state index contributed by atoms with van der Waals surface area (Å²) in [7, 11) is 2.10. The topological polar surface area (TPSA) is 62.3 Å². The molecular formula is C14H23N3O. The van der Waals surface area contributed by atoms with Crippen molar-refractivity contribution in [2.24, 2.45) is 11.7 Å². The number of likely N-dealkylation sites (N-methyl/N-ethyl adjacent to an activating group) is 1. The highest BCUT2D eigenvalue weighted by molar-refractivity contribution is 5.94. The molecule has 0 atom stereocenters. The number of nitrogens with two attached hydrogens (primary N) is 1. The predicted octanol–water partition coefficient (Wildman–Crippen LogP) is 1.94. The minimum absolute atomic E-state index is 0.0817. The van der Waals surface area contributed by atoms with Crippen molar-refractivity contribution >= 4 is 5.84 Å². The van der Waals surface area contributed by atoms with E-state index >= 15 is 0 Å². The summed E-state index contributed by atoms with van der Waals surface area (Å²) in [4.78, 5) is 2.26. The van der Waals surface area contributed by atoms with Crippen LogP contribution in [0.25, 0.3) is 0 Å². The lowest BCUT2D eigenvalue weighted by molar-refractivity contribution is 0.223. The van der Waals surface area contributed by atoms with Crippen LogP contribution in [0.5, 0.6) is 5.75 Å². The van der Waals surface area contributed by atoms with Crippen molar-refractivity contribution in [1.29, 1.82) is 5.41 Å². The molecule has 1 aromatic carbocycles. The van der Waals surface area contributed by atoms with Crippen molar-refractivity contribution in [3.63, 3.8) is 0 Å². The molecule has 0 saturated heterocycles. The Bertz CT molecular complexity index is 373. The number of hydrogen-bond acceptors (Lipinski definition) is 3. The Kier molecular flexibility index (Phi) is 5.65. The van der Waals surface area contributed by atoms with Gasteiger partial charge in [-0.2, -0.15) is 0 Å². The molecule has 100 valence electrons. The minimum Gasteiger partial charge on any atom is -0.492 e. The molecule has 18 heavy (non-hydrogen) atoms. The van der Waals surface area contributed by atoms with Gasteiger partial charge in [-0.25, -0.2) is 0 Å². The van der Waals surface area contributed by atoms with Gasteiger partial charge in [0.1, 0.15) is 18.2 Å². The number of nitrogens with one attached hydrogen (secondary N) is 1. The molecule has 4 nitrogen and oxygen atoms in total. The van der Waals surface area contributed by atoms with Crippen molar-refractivity contribution in [1.82, 2.24) is 4.90 Å². The molecular weight excluding hydrogens is 226 g/mol. The largest absolute Gasteiger partial charge is 0.492 e. The first-order valence-electron chi connectivity index (χ1n) is 6.25. The highest BCUT2D eigenvalue weighted by atomic mass is 16.5. The molecule has 0 bridgehead atoms. The van der Waals surface area contributed by atoms with Crippen molar-refractivity contribution in [2.75, 3.05) is 26.7 Å². The van der Waals surface area contributed by atoms with E-state index in [0.717, 1.165) is 24.4 Å². The fourth-order valence-corrected chi connectivity index (χ4v) is 1.76. The molecule has 0 saturated carbocycles. The molecule has 3 N–H and O–H groups in total. The van der Waals surface area contributed by atoms with Crippen molar-refractivity contribution < 1.29 is 4.74 Å². The number of ether oxygens (including phenoxy) is 1. The van der Waals surface area contributed by atoms with Gasteiger partial charge >= 0.3 is 0 Å². The van der Waals surface area contributed by atoms with Crippen LogP contribution in [0.15, 0.2) is 24.3 Å². The molecule has 0 amide bonds. The van der Waals surface area contributed by atoms with Gasteiger partial charge in [0.2, 0.25) is 0 Å². The third-order valence-corrected chi connectivity index (χ3v) is 2.58. The fourth-order valence-electron chi connectivity index (χ4n) is 1.76. The highest BCUT2D eigenvalue weighted by Crippen LogP contribution is 2.11. The number of amidine groups is 1. The number of hydrogen-bond donors (Lipinski definition) is 2. The smallest absolute Gasteiger partial charge is 0.122 e. The molecule has 0 spiro atoms. The van der Waals surface area contributed by atoms with Gasteiger partial charge in [-0.15, -0.1) is 0 Å². The van der Waals surface area contributed by atoms with Gasteiger partial charge in [0.25, 0.3) is 0 Å². The number of nitrogens with zero attached hydrogens (tertiary/aromatic N) is 1. The quantitative estimate of drug-likeness (QED) is 0.573. The van der Waals surface area contributed by atoms with Gasteiger partial charge < -0.3 is 15.4 Å². The lowest BCUT2D eigenvalue weighted by atomic mass is 10.2. The Morgan fingerprint density at radius 3 is 2.44 bits per heavy atom. The summed E-state index contributed by atoms with van der Waals surface area (Å²) >= 11 is 0. The molecule has 1 rings (SSSR count). The Balaban J connectivity index is 2.33. The first-order chi connectivity index (χ1) is 8.49. The van der Waals surface area contributed by atoms with E-state index in [-0.39, 0.29) is 5.84 Å². The Labute approximate surface area is 109 Å². The van der Waals surface area contributed by atoms with Crippen LogP contribution in [0.4, 0.5) is 0 Å². The Morgan fingerprint density at radius 1 is 1.33 bits per heavy atom. The number of nitrogen functional groups attached to an aromatic ring is 1. The van der Waals surface area contributed by atoms with Gasteiger partial charge in [0.15, 0.2) is 0 Å². The van der Waals surface area contributed by atoms with E-state index in [1.807, 2.05) is 12.1 Å². The SMILES string of the molecule is CC(C)CN(C)CCOc1ccc(C(=N)N)cc1. The zero-order chi connectivity index (χ0) is 13.5. The third-order valence-electron chi connectivity index (χ3n) is 2.58. The monoisotopic (exact) mass is 249 g/mol. The summed E-state index contributed by atoms with van der Waals surface area (Å²) < 4.78 is 5.64. The van der Waals surface area contributed by atoms with Crippen LogP contribution in [0, 0.1) is 11.3 Å². The molecule has 0 aliphatic carbocycles. The van der Waals surface area contributed by atoms with Gasteiger partial charge in [0, 0.05) is 18.7 Å². The van der Waals surface area contributed by atoms with Crippen LogP contribution in [0.2, 0.25) is 0 Å². The standard InChI is InChI=1S/C14H23N3O/c1-11(2)10-17(3)8-9-18-13-6-4-12(5-7-13)14(15)16/h4-7,11H,8-10H2,1-3H3,(H3,15,16). The van der Waals surface area contributed by atoms with Crippen LogP contribution in [-0.4, -0.2) is 37.5 Å². The molecule has 0 heterocycles. The third kappa shape index (κ3) is 5.19. The van der Waals surface area contributed by atoms with E-state index in [1.165, 1.54) is 0 Å². The number of rotatable bonds is 7. The van der Waals surface area contributed by atoms with Crippen molar-refractivity contribution in [2.45, 2.75) is 13.8 Å². The second-order valence-electron chi connectivity index (χ2n) is 4.94. The van der Waals surface area contributed by atoms with Crippen LogP contribution in [0.3, 0.4) is 0 Å². The molecule has 0 radical (unpaired) electrons. The summed E-state index contributed by atoms with van der Waals surface area (Å²) in [5.74, 6) is 1.57. The van der Waals surface area contributed by atoms with Crippen LogP contribution in [-0.2, 0) is 0 Å². The average molecular weight is 249 g/mol. The zero-order valence-corrected chi connectivity index (χ0v) is 11.4. The van der Waals surface area contributed by atoms with Gasteiger partial charge in [-0.1, -0.05) is 13.8 Å². The van der Waals surface area contributed by atoms with E-state index in [4.69, 9.17) is 15.9 Å². The van der Waals surface area contributed by atoms with Gasteiger partial charge in [-0.05, 0) is 37.2 Å². The average Bonchev–Trinajstić information content (AvgIpc) is 2.28. The lowest BCUT2D eigenvalue weighted by Crippen LogP contribution is -2.27. The van der Waals surface area contributed by atoms with E-state index < -0.39 is 0 Å². The molecule has 4 heteroatoms. The second kappa shape index (κ2) is 7.01. The second-order valence-corrected chi connectivity index (χ2v) is 4.94. The molecule has 0 fully saturated rings. The first kappa shape index (κ1) is 14.5. The maximum atomic E-state index is 7.30. The minimum atomic E-state index is 0.0817. The van der Waals surface area contributed by atoms with Crippen LogP contribution >= 0.6 is 0 Å². The number of benzene rings is 1. The van der Waals surface area contributed by atoms with Gasteiger partial charge in [0.05, 0.1) is 0 Å². The van der Waals surface area contributed by atoms with E-state index in [1.54, 1.807) is 12.1 Å². The van der Waals surface area contributed by atoms with Crippen LogP contribution < -0.4 is 10.5 Å². The van der Waals surface area contributed by atoms with E-state index in [0.29, 0.717) is 12.5 Å². The summed E-state index contributed by atoms with van der Waals surface area (Å²) in [5.41, 5.74) is 6.11. The van der Waals surface area contributed by atoms with E-state index in [2.05, 4.69) is 25.8 Å². The maximum absolute atomic E-state index is 7.30. The summed E-state index contributed by atoms with van der Waals surface area (Å²) in [6, 6.07) is 7.29. The van der Waals surface area contributed by atoms with Crippen molar-refractivity contribution in [3.8, 4) is 5.75 Å². The molecule has 0 aliphatic rings. The lowest BCUT2D eigenvalue weighted by Gasteiger charge is -2.18. The fraction of sp³-hybridized carbons (Fsp3) is 0.500. The Hall–Kier alpha value is -1.55. The highest BCUT2D eigenvalue weighted by Gasteiger charge is 2.02. The Morgan fingerprint density at radius 2 is 1.94 bits per heavy atom. The predicted molar refractivity (Wildman–Crippen MR) is 75.3 cm³/mol. The summed E-state index contributed by atoms with van der Waals surface area (Å²) in [6.45, 7) is 7.07. The molecule has 0 aliphatic heterocycles. The maximum Gasteiger partial charge on any atom is 0.122 e. The first-order valence-corrected chi connectivity index (χ1v) is 6.25. The van der Waals surface area contributed by atoms with E-state index in [9.17, 15) is 0 Å². The van der Waals surface area contributed by atoms with Gasteiger partial charge in [-0.3, -0.25) is 5.41 Å².